The molecule has 1 aromatic carbocycles. The van der Waals surface area contributed by atoms with E-state index >= 15 is 0 Å². The van der Waals surface area contributed by atoms with E-state index in [0.717, 1.165) is 17.7 Å². The van der Waals surface area contributed by atoms with Gasteiger partial charge in [0.15, 0.2) is 11.9 Å². The summed E-state index contributed by atoms with van der Waals surface area (Å²) in [6.07, 6.45) is 3.72. The number of anilines is 1. The number of ether oxygens (including phenoxy) is 1. The Labute approximate surface area is 146 Å². The Kier molecular flexibility index (Phi) is 5.53. The molecule has 0 fully saturated rings. The van der Waals surface area contributed by atoms with Crippen molar-refractivity contribution in [2.45, 2.75) is 19.1 Å². The lowest BCUT2D eigenvalue weighted by molar-refractivity contribution is -0.126. The van der Waals surface area contributed by atoms with E-state index in [9.17, 15) is 4.79 Å². The van der Waals surface area contributed by atoms with Crippen molar-refractivity contribution in [1.82, 2.24) is 14.8 Å². The van der Waals surface area contributed by atoms with Gasteiger partial charge in [0.1, 0.15) is 0 Å². The van der Waals surface area contributed by atoms with E-state index in [-0.39, 0.29) is 5.91 Å². The van der Waals surface area contributed by atoms with Crippen molar-refractivity contribution < 1.29 is 9.53 Å². The van der Waals surface area contributed by atoms with Crippen LogP contribution >= 0.6 is 0 Å². The lowest BCUT2D eigenvalue weighted by Gasteiger charge is -2.14. The van der Waals surface area contributed by atoms with E-state index in [0.29, 0.717) is 12.4 Å². The quantitative estimate of drug-likeness (QED) is 0.720. The van der Waals surface area contributed by atoms with Crippen molar-refractivity contribution in [3.05, 3.63) is 78.2 Å². The number of methoxy groups -OCH3 is 1. The zero-order chi connectivity index (χ0) is 17.5. The smallest absolute Gasteiger partial charge is 0.259 e. The van der Waals surface area contributed by atoms with E-state index in [4.69, 9.17) is 4.74 Å². The molecule has 2 heterocycles. The number of pyridine rings is 1. The molecule has 3 rings (SSSR count). The molecular weight excluding hydrogens is 316 g/mol. The van der Waals surface area contributed by atoms with Crippen LogP contribution in [-0.2, 0) is 22.5 Å². The number of amides is 1. The van der Waals surface area contributed by atoms with Crippen LogP contribution in [0.1, 0.15) is 17.4 Å². The molecule has 1 N–H and O–H groups in total. The molecule has 0 aliphatic rings. The van der Waals surface area contributed by atoms with Crippen LogP contribution in [0.25, 0.3) is 0 Å². The summed E-state index contributed by atoms with van der Waals surface area (Å²) < 4.78 is 7.11. The highest BCUT2D eigenvalue weighted by Gasteiger charge is 2.20. The summed E-state index contributed by atoms with van der Waals surface area (Å²) in [5, 5.41) is 7.18. The fourth-order valence-electron chi connectivity index (χ4n) is 2.54. The topological polar surface area (TPSA) is 69.0 Å². The first-order chi connectivity index (χ1) is 12.3. The van der Waals surface area contributed by atoms with Gasteiger partial charge in [-0.05, 0) is 17.7 Å². The summed E-state index contributed by atoms with van der Waals surface area (Å²) in [5.41, 5.74) is 1.81. The number of benzene rings is 1. The van der Waals surface area contributed by atoms with Crippen LogP contribution in [0.5, 0.6) is 0 Å². The van der Waals surface area contributed by atoms with Crippen LogP contribution in [0.15, 0.2) is 67.0 Å². The summed E-state index contributed by atoms with van der Waals surface area (Å²) in [5.74, 6) is 0.257. The molecule has 0 aliphatic heterocycles. The second-order valence-electron chi connectivity index (χ2n) is 5.55. The van der Waals surface area contributed by atoms with E-state index in [1.54, 1.807) is 16.9 Å². The van der Waals surface area contributed by atoms with Crippen molar-refractivity contribution in [3.63, 3.8) is 0 Å². The van der Waals surface area contributed by atoms with Gasteiger partial charge < -0.3 is 10.1 Å². The molecule has 0 saturated carbocycles. The highest BCUT2D eigenvalue weighted by Crippen LogP contribution is 2.18. The molecule has 6 heteroatoms. The molecule has 0 radical (unpaired) electrons. The fraction of sp³-hybridized carbons (Fsp3) is 0.211. The number of nitrogens with one attached hydrogen (secondary N) is 1. The van der Waals surface area contributed by atoms with E-state index in [1.807, 2.05) is 54.7 Å². The molecular formula is C19H20N4O2. The number of hydrogen-bond acceptors (Lipinski definition) is 4. The van der Waals surface area contributed by atoms with Crippen molar-refractivity contribution in [2.75, 3.05) is 12.4 Å². The maximum atomic E-state index is 12.4. The van der Waals surface area contributed by atoms with Crippen molar-refractivity contribution in [3.8, 4) is 0 Å². The minimum absolute atomic E-state index is 0.247. The normalized spacial score (nSPS) is 11.9. The predicted molar refractivity (Wildman–Crippen MR) is 95.0 cm³/mol. The highest BCUT2D eigenvalue weighted by atomic mass is 16.5. The second kappa shape index (κ2) is 8.21. The summed E-state index contributed by atoms with van der Waals surface area (Å²) in [6.45, 7) is 0.694. The van der Waals surface area contributed by atoms with Crippen molar-refractivity contribution in [1.29, 1.82) is 0 Å². The first-order valence-electron chi connectivity index (χ1n) is 8.08. The zero-order valence-electron chi connectivity index (χ0n) is 14.0. The molecule has 1 unspecified atom stereocenters. The number of hydrogen-bond donors (Lipinski definition) is 1. The largest absolute Gasteiger partial charge is 0.367 e. The Morgan fingerprint density at radius 3 is 2.68 bits per heavy atom. The van der Waals surface area contributed by atoms with Crippen molar-refractivity contribution >= 4 is 11.7 Å². The Morgan fingerprint density at radius 1 is 1.16 bits per heavy atom. The molecule has 3 aromatic rings. The molecule has 0 aliphatic carbocycles. The van der Waals surface area contributed by atoms with Gasteiger partial charge >= 0.3 is 0 Å². The minimum atomic E-state index is -0.667. The van der Waals surface area contributed by atoms with Gasteiger partial charge in [0, 0.05) is 44.2 Å². The molecule has 0 spiro atoms. The number of aryl methyl sites for hydroxylation is 2. The lowest BCUT2D eigenvalue weighted by Crippen LogP contribution is -2.23. The van der Waals surface area contributed by atoms with Gasteiger partial charge in [-0.2, -0.15) is 5.10 Å². The Hall–Kier alpha value is -2.99. The number of nitrogens with zero attached hydrogens (tertiary/aromatic N) is 3. The molecule has 6 nitrogen and oxygen atoms in total. The summed E-state index contributed by atoms with van der Waals surface area (Å²) >= 11 is 0. The predicted octanol–water partition coefficient (Wildman–Crippen LogP) is 2.85. The third kappa shape index (κ3) is 4.51. The van der Waals surface area contributed by atoms with Crippen LogP contribution in [0.2, 0.25) is 0 Å². The fourth-order valence-corrected chi connectivity index (χ4v) is 2.54. The van der Waals surface area contributed by atoms with Crippen molar-refractivity contribution in [2.24, 2.45) is 0 Å². The first kappa shape index (κ1) is 16.9. The zero-order valence-corrected chi connectivity index (χ0v) is 14.0. The molecule has 25 heavy (non-hydrogen) atoms. The molecule has 1 atom stereocenters. The standard InChI is InChI=1S/C19H20N4O2/c1-25-18(15-7-3-2-4-8-15)19(24)21-17-11-14-23(22-17)13-10-16-9-5-6-12-20-16/h2-9,11-12,14,18H,10,13H2,1H3,(H,21,22,24). The van der Waals surface area contributed by atoms with Gasteiger partial charge in [0.25, 0.3) is 5.91 Å². The number of carbonyl (C=O) groups excluding carboxylic acids is 1. The van der Waals surface area contributed by atoms with Gasteiger partial charge in [-0.25, -0.2) is 0 Å². The van der Waals surface area contributed by atoms with Gasteiger partial charge in [-0.1, -0.05) is 36.4 Å². The number of aromatic nitrogens is 3. The highest BCUT2D eigenvalue weighted by molar-refractivity contribution is 5.94. The van der Waals surface area contributed by atoms with Gasteiger partial charge in [-0.3, -0.25) is 14.5 Å². The van der Waals surface area contributed by atoms with E-state index < -0.39 is 6.10 Å². The van der Waals surface area contributed by atoms with Crippen LogP contribution in [0, 0.1) is 0 Å². The summed E-state index contributed by atoms with van der Waals surface area (Å²) in [6, 6.07) is 17.0. The third-order valence-corrected chi connectivity index (χ3v) is 3.79. The molecule has 0 saturated heterocycles. The first-order valence-corrected chi connectivity index (χ1v) is 8.08. The Morgan fingerprint density at radius 2 is 1.96 bits per heavy atom. The van der Waals surface area contributed by atoms with Crippen LogP contribution < -0.4 is 5.32 Å². The van der Waals surface area contributed by atoms with E-state index in [2.05, 4.69) is 15.4 Å². The average molecular weight is 336 g/mol. The van der Waals surface area contributed by atoms with Gasteiger partial charge in [-0.15, -0.1) is 0 Å². The number of carbonyl (C=O) groups is 1. The minimum Gasteiger partial charge on any atom is -0.367 e. The Balaban J connectivity index is 1.59. The van der Waals surface area contributed by atoms with Gasteiger partial charge in [0.2, 0.25) is 0 Å². The van der Waals surface area contributed by atoms with Crippen LogP contribution in [0.4, 0.5) is 5.82 Å². The summed E-state index contributed by atoms with van der Waals surface area (Å²) in [4.78, 5) is 16.7. The van der Waals surface area contributed by atoms with Crippen LogP contribution in [-0.4, -0.2) is 27.8 Å². The van der Waals surface area contributed by atoms with E-state index in [1.165, 1.54) is 7.11 Å². The van der Waals surface area contributed by atoms with Crippen LogP contribution in [0.3, 0.4) is 0 Å². The average Bonchev–Trinajstić information content (AvgIpc) is 3.10. The summed E-state index contributed by atoms with van der Waals surface area (Å²) in [7, 11) is 1.52. The second-order valence-corrected chi connectivity index (χ2v) is 5.55. The molecule has 1 amide bonds. The third-order valence-electron chi connectivity index (χ3n) is 3.79. The van der Waals surface area contributed by atoms with Gasteiger partial charge in [0.05, 0.1) is 0 Å². The lowest BCUT2D eigenvalue weighted by atomic mass is 10.1. The monoisotopic (exact) mass is 336 g/mol. The molecule has 2 aromatic heterocycles. The SMILES string of the molecule is COC(C(=O)Nc1ccn(CCc2ccccn2)n1)c1ccccc1. The number of rotatable bonds is 7. The molecule has 0 bridgehead atoms. The molecule has 128 valence electrons. The maximum absolute atomic E-state index is 12.4. The maximum Gasteiger partial charge on any atom is 0.259 e. The Bertz CT molecular complexity index is 803.